The number of methoxy groups -OCH3 is 1. The van der Waals surface area contributed by atoms with E-state index in [0.717, 1.165) is 39.9 Å². The monoisotopic (exact) mass is 309 g/mol. The van der Waals surface area contributed by atoms with Crippen LogP contribution in [0.1, 0.15) is 18.1 Å². The number of fused-ring (bicyclic) bond motifs is 1. The lowest BCUT2D eigenvalue weighted by Crippen LogP contribution is -2.01. The van der Waals surface area contributed by atoms with Crippen molar-refractivity contribution in [1.29, 1.82) is 0 Å². The Morgan fingerprint density at radius 1 is 1.22 bits per heavy atom. The number of rotatable bonds is 5. The third kappa shape index (κ3) is 2.80. The molecule has 0 bridgehead atoms. The summed E-state index contributed by atoms with van der Waals surface area (Å²) < 4.78 is 5.43. The minimum absolute atomic E-state index is 0.0272. The zero-order chi connectivity index (χ0) is 16.4. The zero-order valence-corrected chi connectivity index (χ0v) is 13.2. The smallest absolute Gasteiger partial charge is 0.307 e. The van der Waals surface area contributed by atoms with Crippen molar-refractivity contribution in [2.24, 2.45) is 0 Å². The van der Waals surface area contributed by atoms with Gasteiger partial charge in [-0.25, -0.2) is 0 Å². The highest BCUT2D eigenvalue weighted by Gasteiger charge is 2.18. The molecule has 3 rings (SSSR count). The number of hydrogen-bond acceptors (Lipinski definition) is 2. The van der Waals surface area contributed by atoms with Gasteiger partial charge < -0.3 is 14.8 Å². The molecule has 0 saturated carbocycles. The molecule has 4 nitrogen and oxygen atoms in total. The van der Waals surface area contributed by atoms with Gasteiger partial charge in [-0.2, -0.15) is 0 Å². The fourth-order valence-corrected chi connectivity index (χ4v) is 2.93. The van der Waals surface area contributed by atoms with Gasteiger partial charge in [0, 0.05) is 16.5 Å². The van der Waals surface area contributed by atoms with Gasteiger partial charge in [-0.15, -0.1) is 0 Å². The summed E-state index contributed by atoms with van der Waals surface area (Å²) in [4.78, 5) is 14.7. The van der Waals surface area contributed by atoms with Crippen LogP contribution in [-0.2, 0) is 17.6 Å². The minimum atomic E-state index is -0.844. The molecule has 0 spiro atoms. The molecule has 4 heteroatoms. The van der Waals surface area contributed by atoms with Crippen LogP contribution in [0.15, 0.2) is 42.5 Å². The molecule has 0 fully saturated rings. The molecular weight excluding hydrogens is 290 g/mol. The van der Waals surface area contributed by atoms with E-state index in [4.69, 9.17) is 4.74 Å². The maximum absolute atomic E-state index is 11.4. The number of aromatic amines is 1. The van der Waals surface area contributed by atoms with E-state index in [2.05, 4.69) is 24.0 Å². The predicted octanol–water partition coefficient (Wildman–Crippen LogP) is 4.03. The third-order valence-corrected chi connectivity index (χ3v) is 4.08. The van der Waals surface area contributed by atoms with Gasteiger partial charge >= 0.3 is 5.97 Å². The molecule has 0 unspecified atom stereocenters. The Morgan fingerprint density at radius 3 is 2.70 bits per heavy atom. The number of ether oxygens (including phenoxy) is 1. The lowest BCUT2D eigenvalue weighted by atomic mass is 10.0. The molecule has 2 aromatic carbocycles. The molecule has 1 heterocycles. The number of carboxylic acid groups (broad SMARTS) is 1. The van der Waals surface area contributed by atoms with Crippen LogP contribution >= 0.6 is 0 Å². The topological polar surface area (TPSA) is 62.3 Å². The molecule has 0 radical (unpaired) electrons. The van der Waals surface area contributed by atoms with Gasteiger partial charge in [0.25, 0.3) is 0 Å². The van der Waals surface area contributed by atoms with E-state index in [1.54, 1.807) is 7.11 Å². The number of carbonyl (C=O) groups is 1. The van der Waals surface area contributed by atoms with Crippen LogP contribution in [0.4, 0.5) is 0 Å². The van der Waals surface area contributed by atoms with Crippen LogP contribution in [0.25, 0.3) is 22.2 Å². The Kier molecular flexibility index (Phi) is 4.06. The summed E-state index contributed by atoms with van der Waals surface area (Å²) in [6, 6.07) is 13.8. The normalized spacial score (nSPS) is 10.9. The van der Waals surface area contributed by atoms with Crippen LogP contribution in [0.2, 0.25) is 0 Å². The summed E-state index contributed by atoms with van der Waals surface area (Å²) >= 11 is 0. The molecule has 0 aliphatic rings. The van der Waals surface area contributed by atoms with Crippen LogP contribution in [-0.4, -0.2) is 23.2 Å². The summed E-state index contributed by atoms with van der Waals surface area (Å²) in [5.41, 5.74) is 4.62. The largest absolute Gasteiger partial charge is 0.496 e. The Labute approximate surface area is 134 Å². The molecule has 0 atom stereocenters. The first kappa shape index (κ1) is 15.2. The quantitative estimate of drug-likeness (QED) is 0.748. The van der Waals surface area contributed by atoms with Crippen LogP contribution < -0.4 is 4.74 Å². The second kappa shape index (κ2) is 6.16. The van der Waals surface area contributed by atoms with Crippen molar-refractivity contribution >= 4 is 16.9 Å². The van der Waals surface area contributed by atoms with Crippen molar-refractivity contribution < 1.29 is 14.6 Å². The molecule has 0 amide bonds. The van der Waals surface area contributed by atoms with Crippen molar-refractivity contribution in [2.75, 3.05) is 7.11 Å². The van der Waals surface area contributed by atoms with Gasteiger partial charge in [0.05, 0.1) is 19.2 Å². The van der Waals surface area contributed by atoms with Crippen molar-refractivity contribution in [1.82, 2.24) is 4.98 Å². The van der Waals surface area contributed by atoms with E-state index in [-0.39, 0.29) is 6.42 Å². The van der Waals surface area contributed by atoms with Gasteiger partial charge in [-0.3, -0.25) is 4.79 Å². The zero-order valence-electron chi connectivity index (χ0n) is 13.2. The van der Waals surface area contributed by atoms with E-state index < -0.39 is 5.97 Å². The summed E-state index contributed by atoms with van der Waals surface area (Å²) in [6.45, 7) is 2.09. The Bertz CT molecular complexity index is 864. The Balaban J connectivity index is 2.28. The number of aliphatic carboxylic acids is 1. The lowest BCUT2D eigenvalue weighted by molar-refractivity contribution is -0.136. The molecule has 0 aliphatic carbocycles. The van der Waals surface area contributed by atoms with Crippen molar-refractivity contribution in [2.45, 2.75) is 19.8 Å². The van der Waals surface area contributed by atoms with E-state index in [0.29, 0.717) is 0 Å². The summed E-state index contributed by atoms with van der Waals surface area (Å²) in [6.07, 6.45) is 0.887. The average molecular weight is 309 g/mol. The van der Waals surface area contributed by atoms with Crippen LogP contribution in [0.3, 0.4) is 0 Å². The molecule has 3 aromatic rings. The van der Waals surface area contributed by atoms with Crippen LogP contribution in [0.5, 0.6) is 5.75 Å². The second-order valence-electron chi connectivity index (χ2n) is 5.48. The predicted molar refractivity (Wildman–Crippen MR) is 91.0 cm³/mol. The van der Waals surface area contributed by atoms with Gasteiger partial charge in [0.1, 0.15) is 5.75 Å². The number of aryl methyl sites for hydroxylation is 1. The standard InChI is InChI=1S/C19H19NO3/c1-3-12-8-9-16-14(10-12)15(11-18(21)22)19(20-16)13-6-4-5-7-17(13)23-2/h4-10,20H,3,11H2,1-2H3,(H,21,22). The van der Waals surface area contributed by atoms with Gasteiger partial charge in [0.2, 0.25) is 0 Å². The first-order valence-electron chi connectivity index (χ1n) is 7.62. The maximum Gasteiger partial charge on any atom is 0.307 e. The highest BCUT2D eigenvalue weighted by Crippen LogP contribution is 2.36. The molecule has 0 aliphatic heterocycles. The summed E-state index contributed by atoms with van der Waals surface area (Å²) in [7, 11) is 1.62. The number of aromatic nitrogens is 1. The maximum atomic E-state index is 11.4. The summed E-state index contributed by atoms with van der Waals surface area (Å²) in [5.74, 6) is -0.120. The number of carboxylic acids is 1. The molecule has 118 valence electrons. The minimum Gasteiger partial charge on any atom is -0.496 e. The Morgan fingerprint density at radius 2 is 2.00 bits per heavy atom. The molecule has 0 saturated heterocycles. The van der Waals surface area contributed by atoms with E-state index in [1.165, 1.54) is 5.56 Å². The molecular formula is C19H19NO3. The lowest BCUT2D eigenvalue weighted by Gasteiger charge is -2.08. The Hall–Kier alpha value is -2.75. The molecule has 23 heavy (non-hydrogen) atoms. The van der Waals surface area contributed by atoms with E-state index >= 15 is 0 Å². The van der Waals surface area contributed by atoms with Gasteiger partial charge in [0.15, 0.2) is 0 Å². The molecule has 1 aromatic heterocycles. The first-order valence-corrected chi connectivity index (χ1v) is 7.62. The highest BCUT2D eigenvalue weighted by atomic mass is 16.5. The number of hydrogen-bond donors (Lipinski definition) is 2. The fourth-order valence-electron chi connectivity index (χ4n) is 2.93. The van der Waals surface area contributed by atoms with Crippen molar-refractivity contribution in [3.63, 3.8) is 0 Å². The number of nitrogens with one attached hydrogen (secondary N) is 1. The third-order valence-electron chi connectivity index (χ3n) is 4.08. The van der Waals surface area contributed by atoms with Gasteiger partial charge in [-0.1, -0.05) is 25.1 Å². The van der Waals surface area contributed by atoms with Crippen LogP contribution in [0, 0.1) is 0 Å². The summed E-state index contributed by atoms with van der Waals surface area (Å²) in [5, 5.41) is 10.3. The number of H-pyrrole nitrogens is 1. The number of benzene rings is 2. The average Bonchev–Trinajstić information content (AvgIpc) is 2.91. The van der Waals surface area contributed by atoms with Crippen molar-refractivity contribution in [3.05, 3.63) is 53.6 Å². The van der Waals surface area contributed by atoms with Crippen molar-refractivity contribution in [3.8, 4) is 17.0 Å². The van der Waals surface area contributed by atoms with Gasteiger partial charge in [-0.05, 0) is 41.8 Å². The SMILES string of the molecule is CCc1ccc2[nH]c(-c3ccccc3OC)c(CC(=O)O)c2c1. The number of para-hydroxylation sites is 1. The fraction of sp³-hybridized carbons (Fsp3) is 0.211. The second-order valence-corrected chi connectivity index (χ2v) is 5.48. The first-order chi connectivity index (χ1) is 11.1. The molecule has 2 N–H and O–H groups in total. The van der Waals surface area contributed by atoms with E-state index in [1.807, 2.05) is 30.3 Å². The highest BCUT2D eigenvalue weighted by molar-refractivity contribution is 5.95. The van der Waals surface area contributed by atoms with E-state index in [9.17, 15) is 9.90 Å².